The molecule has 72 valence electrons. The molecule has 0 aliphatic heterocycles. The van der Waals surface area contributed by atoms with Crippen LogP contribution < -0.4 is 5.73 Å². The molecule has 2 rings (SSSR count). The quantitative estimate of drug-likeness (QED) is 0.673. The molecule has 2 nitrogen and oxygen atoms in total. The molecule has 0 fully saturated rings. The zero-order valence-corrected chi connectivity index (χ0v) is 7.22. The second-order valence-electron chi connectivity index (χ2n) is 2.94. The number of nitrogens with one attached hydrogen (secondary N) is 1. The van der Waals surface area contributed by atoms with Crippen molar-refractivity contribution in [1.29, 1.82) is 0 Å². The first kappa shape index (κ1) is 8.74. The maximum absolute atomic E-state index is 13.3. The number of H-pyrrole nitrogens is 1. The summed E-state index contributed by atoms with van der Waals surface area (Å²) in [5.41, 5.74) is 5.75. The number of halogens is 2. The molecule has 4 heteroatoms. The molecule has 0 saturated heterocycles. The molecule has 0 atom stereocenters. The fourth-order valence-corrected chi connectivity index (χ4v) is 1.27. The second-order valence-corrected chi connectivity index (χ2v) is 2.94. The van der Waals surface area contributed by atoms with Gasteiger partial charge in [0.1, 0.15) is 11.6 Å². The summed E-state index contributed by atoms with van der Waals surface area (Å²) in [6, 6.07) is 5.43. The van der Waals surface area contributed by atoms with Crippen molar-refractivity contribution in [3.63, 3.8) is 0 Å². The number of rotatable bonds is 1. The van der Waals surface area contributed by atoms with Gasteiger partial charge in [0, 0.05) is 23.5 Å². The van der Waals surface area contributed by atoms with E-state index in [9.17, 15) is 8.78 Å². The SMILES string of the molecule is Nc1cc(F)c(-c2ccc[nH]2)cc1F. The molecule has 0 saturated carbocycles. The van der Waals surface area contributed by atoms with Gasteiger partial charge in [-0.1, -0.05) is 0 Å². The average Bonchev–Trinajstić information content (AvgIpc) is 2.64. The predicted octanol–water partition coefficient (Wildman–Crippen LogP) is 2.54. The lowest BCUT2D eigenvalue weighted by molar-refractivity contribution is 0.607. The fraction of sp³-hybridized carbons (Fsp3) is 0. The highest BCUT2D eigenvalue weighted by molar-refractivity contribution is 5.63. The lowest BCUT2D eigenvalue weighted by Gasteiger charge is -2.03. The van der Waals surface area contributed by atoms with Crippen molar-refractivity contribution in [2.24, 2.45) is 0 Å². The maximum Gasteiger partial charge on any atom is 0.146 e. The van der Waals surface area contributed by atoms with Gasteiger partial charge in [0.15, 0.2) is 0 Å². The van der Waals surface area contributed by atoms with Crippen LogP contribution >= 0.6 is 0 Å². The number of hydrogen-bond acceptors (Lipinski definition) is 1. The van der Waals surface area contributed by atoms with E-state index in [1.165, 1.54) is 0 Å². The summed E-state index contributed by atoms with van der Waals surface area (Å²) < 4.78 is 26.4. The molecule has 0 aliphatic carbocycles. The van der Waals surface area contributed by atoms with E-state index in [4.69, 9.17) is 5.73 Å². The third-order valence-electron chi connectivity index (χ3n) is 1.97. The Morgan fingerprint density at radius 1 is 1.14 bits per heavy atom. The minimum absolute atomic E-state index is 0.182. The van der Waals surface area contributed by atoms with Crippen LogP contribution in [0.4, 0.5) is 14.5 Å². The van der Waals surface area contributed by atoms with E-state index in [1.54, 1.807) is 18.3 Å². The van der Waals surface area contributed by atoms with Gasteiger partial charge < -0.3 is 10.7 Å². The van der Waals surface area contributed by atoms with Crippen LogP contribution in [0.5, 0.6) is 0 Å². The minimum atomic E-state index is -0.615. The van der Waals surface area contributed by atoms with Crippen LogP contribution in [-0.4, -0.2) is 4.98 Å². The normalized spacial score (nSPS) is 10.4. The summed E-state index contributed by atoms with van der Waals surface area (Å²) in [5.74, 6) is -1.15. The first-order valence-electron chi connectivity index (χ1n) is 4.07. The average molecular weight is 194 g/mol. The van der Waals surface area contributed by atoms with Gasteiger partial charge in [0.2, 0.25) is 0 Å². The maximum atomic E-state index is 13.3. The Hall–Kier alpha value is -1.84. The predicted molar refractivity (Wildman–Crippen MR) is 50.6 cm³/mol. The van der Waals surface area contributed by atoms with Gasteiger partial charge in [-0.2, -0.15) is 0 Å². The van der Waals surface area contributed by atoms with E-state index in [2.05, 4.69) is 4.98 Å². The third-order valence-corrected chi connectivity index (χ3v) is 1.97. The van der Waals surface area contributed by atoms with Gasteiger partial charge in [-0.15, -0.1) is 0 Å². The standard InChI is InChI=1S/C10H8F2N2/c11-7-5-9(13)8(12)4-6(7)10-2-1-3-14-10/h1-5,14H,13H2. The molecule has 14 heavy (non-hydrogen) atoms. The molecular formula is C10H8F2N2. The van der Waals surface area contributed by atoms with Crippen molar-refractivity contribution in [1.82, 2.24) is 4.98 Å². The van der Waals surface area contributed by atoms with E-state index in [0.29, 0.717) is 5.69 Å². The lowest BCUT2D eigenvalue weighted by atomic mass is 10.1. The highest BCUT2D eigenvalue weighted by atomic mass is 19.1. The van der Waals surface area contributed by atoms with Crippen LogP contribution in [0, 0.1) is 11.6 Å². The topological polar surface area (TPSA) is 41.8 Å². The Bertz CT molecular complexity index is 449. The van der Waals surface area contributed by atoms with Crippen molar-refractivity contribution < 1.29 is 8.78 Å². The monoisotopic (exact) mass is 194 g/mol. The molecule has 0 bridgehead atoms. The van der Waals surface area contributed by atoms with Gasteiger partial charge >= 0.3 is 0 Å². The smallest absolute Gasteiger partial charge is 0.146 e. The van der Waals surface area contributed by atoms with Crippen molar-refractivity contribution >= 4 is 5.69 Å². The zero-order chi connectivity index (χ0) is 10.1. The molecule has 1 aromatic carbocycles. The van der Waals surface area contributed by atoms with Crippen LogP contribution in [0.2, 0.25) is 0 Å². The molecule has 3 N–H and O–H groups in total. The summed E-state index contributed by atoms with van der Waals surface area (Å²) in [7, 11) is 0. The Labute approximate surface area is 79.4 Å². The number of nitrogen functional groups attached to an aromatic ring is 1. The lowest BCUT2D eigenvalue weighted by Crippen LogP contribution is -1.94. The molecule has 0 spiro atoms. The van der Waals surface area contributed by atoms with E-state index in [1.807, 2.05) is 0 Å². The first-order valence-corrected chi connectivity index (χ1v) is 4.07. The molecule has 0 radical (unpaired) electrons. The summed E-state index contributed by atoms with van der Waals surface area (Å²) in [5, 5.41) is 0. The van der Waals surface area contributed by atoms with E-state index < -0.39 is 11.6 Å². The number of hydrogen-bond donors (Lipinski definition) is 2. The minimum Gasteiger partial charge on any atom is -0.396 e. The number of nitrogens with two attached hydrogens (primary N) is 1. The highest BCUT2D eigenvalue weighted by Gasteiger charge is 2.09. The van der Waals surface area contributed by atoms with Gasteiger partial charge in [-0.3, -0.25) is 0 Å². The van der Waals surface area contributed by atoms with Crippen LogP contribution in [0.25, 0.3) is 11.3 Å². The Kier molecular flexibility index (Phi) is 1.96. The largest absolute Gasteiger partial charge is 0.396 e. The summed E-state index contributed by atoms with van der Waals surface area (Å²) in [6.07, 6.45) is 1.64. The Morgan fingerprint density at radius 2 is 1.93 bits per heavy atom. The van der Waals surface area contributed by atoms with Crippen LogP contribution in [-0.2, 0) is 0 Å². The van der Waals surface area contributed by atoms with E-state index in [0.717, 1.165) is 12.1 Å². The van der Waals surface area contributed by atoms with Gasteiger partial charge in [0.05, 0.1) is 5.69 Å². The van der Waals surface area contributed by atoms with Crippen molar-refractivity contribution in [2.75, 3.05) is 5.73 Å². The van der Waals surface area contributed by atoms with Crippen molar-refractivity contribution in [3.05, 3.63) is 42.1 Å². The van der Waals surface area contributed by atoms with Crippen LogP contribution in [0.1, 0.15) is 0 Å². The number of aromatic nitrogens is 1. The fourth-order valence-electron chi connectivity index (χ4n) is 1.27. The summed E-state index contributed by atoms with van der Waals surface area (Å²) >= 11 is 0. The number of benzene rings is 1. The van der Waals surface area contributed by atoms with Crippen LogP contribution in [0.3, 0.4) is 0 Å². The molecule has 0 unspecified atom stereocenters. The van der Waals surface area contributed by atoms with Gasteiger partial charge in [0.25, 0.3) is 0 Å². The highest BCUT2D eigenvalue weighted by Crippen LogP contribution is 2.24. The molecule has 0 amide bonds. The summed E-state index contributed by atoms with van der Waals surface area (Å²) in [4.78, 5) is 2.79. The first-order chi connectivity index (χ1) is 6.68. The molecule has 0 aliphatic rings. The van der Waals surface area contributed by atoms with Crippen molar-refractivity contribution in [3.8, 4) is 11.3 Å². The Balaban J connectivity index is 2.60. The van der Waals surface area contributed by atoms with Crippen LogP contribution in [0.15, 0.2) is 30.5 Å². The summed E-state index contributed by atoms with van der Waals surface area (Å²) in [6.45, 7) is 0. The zero-order valence-electron chi connectivity index (χ0n) is 7.22. The third kappa shape index (κ3) is 1.35. The number of anilines is 1. The second kappa shape index (κ2) is 3.14. The Morgan fingerprint density at radius 3 is 2.57 bits per heavy atom. The van der Waals surface area contributed by atoms with E-state index in [-0.39, 0.29) is 11.3 Å². The van der Waals surface area contributed by atoms with Gasteiger partial charge in [-0.05, 0) is 18.2 Å². The van der Waals surface area contributed by atoms with Crippen molar-refractivity contribution in [2.45, 2.75) is 0 Å². The molecule has 1 aromatic heterocycles. The number of aromatic amines is 1. The van der Waals surface area contributed by atoms with Gasteiger partial charge in [-0.25, -0.2) is 8.78 Å². The molecule has 2 aromatic rings. The molecule has 1 heterocycles. The van der Waals surface area contributed by atoms with E-state index >= 15 is 0 Å². The molecular weight excluding hydrogens is 186 g/mol.